The standard InChI is InChI=1S/C19H25NO/c1-14(2)17-13-18(20)15(3)12-19(17)21-11-7-10-16-8-5-4-6-9-16/h4-6,8-9,12-14H,7,10-11,20H2,1-3H3. The molecule has 0 saturated carbocycles. The topological polar surface area (TPSA) is 35.2 Å². The summed E-state index contributed by atoms with van der Waals surface area (Å²) in [4.78, 5) is 0. The van der Waals surface area contributed by atoms with Crippen molar-refractivity contribution in [2.24, 2.45) is 0 Å². The average Bonchev–Trinajstić information content (AvgIpc) is 2.47. The molecule has 0 atom stereocenters. The van der Waals surface area contributed by atoms with Crippen molar-refractivity contribution >= 4 is 5.69 Å². The van der Waals surface area contributed by atoms with Crippen LogP contribution in [0.3, 0.4) is 0 Å². The van der Waals surface area contributed by atoms with Crippen LogP contribution >= 0.6 is 0 Å². The molecule has 2 N–H and O–H groups in total. The van der Waals surface area contributed by atoms with Gasteiger partial charge in [-0.25, -0.2) is 0 Å². The Labute approximate surface area is 127 Å². The molecule has 0 aromatic heterocycles. The first-order valence-electron chi connectivity index (χ1n) is 7.64. The van der Waals surface area contributed by atoms with Crippen LogP contribution in [0.1, 0.15) is 42.9 Å². The molecule has 2 rings (SSSR count). The highest BCUT2D eigenvalue weighted by molar-refractivity contribution is 5.55. The molecule has 0 aliphatic carbocycles. The van der Waals surface area contributed by atoms with Crippen molar-refractivity contribution in [1.82, 2.24) is 0 Å². The second-order valence-electron chi connectivity index (χ2n) is 5.84. The molecule has 0 unspecified atom stereocenters. The Kier molecular flexibility index (Phi) is 5.26. The molecule has 2 heteroatoms. The van der Waals surface area contributed by atoms with Crippen LogP contribution in [0.5, 0.6) is 5.75 Å². The van der Waals surface area contributed by atoms with E-state index in [4.69, 9.17) is 10.5 Å². The van der Waals surface area contributed by atoms with Gasteiger partial charge in [0.2, 0.25) is 0 Å². The van der Waals surface area contributed by atoms with E-state index in [1.165, 1.54) is 11.1 Å². The Morgan fingerprint density at radius 3 is 2.48 bits per heavy atom. The zero-order chi connectivity index (χ0) is 15.2. The molecule has 0 heterocycles. The van der Waals surface area contributed by atoms with Crippen LogP contribution in [0.4, 0.5) is 5.69 Å². The molecular formula is C19H25NO. The summed E-state index contributed by atoms with van der Waals surface area (Å²) in [5.74, 6) is 1.39. The maximum atomic E-state index is 6.00. The second-order valence-corrected chi connectivity index (χ2v) is 5.84. The normalized spacial score (nSPS) is 10.9. The molecule has 0 radical (unpaired) electrons. The van der Waals surface area contributed by atoms with E-state index in [-0.39, 0.29) is 0 Å². The Morgan fingerprint density at radius 2 is 1.81 bits per heavy atom. The first-order valence-corrected chi connectivity index (χ1v) is 7.64. The predicted molar refractivity (Wildman–Crippen MR) is 89.9 cm³/mol. The molecule has 2 aromatic rings. The predicted octanol–water partition coefficient (Wildman–Crippen LogP) is 4.71. The molecule has 0 spiro atoms. The van der Waals surface area contributed by atoms with Crippen molar-refractivity contribution in [1.29, 1.82) is 0 Å². The van der Waals surface area contributed by atoms with Crippen LogP contribution in [0.25, 0.3) is 0 Å². The smallest absolute Gasteiger partial charge is 0.123 e. The number of aryl methyl sites for hydroxylation is 2. The van der Waals surface area contributed by atoms with Gasteiger partial charge in [0.25, 0.3) is 0 Å². The number of nitrogen functional groups attached to an aromatic ring is 1. The van der Waals surface area contributed by atoms with Crippen molar-refractivity contribution in [3.63, 3.8) is 0 Å². The zero-order valence-corrected chi connectivity index (χ0v) is 13.2. The van der Waals surface area contributed by atoms with E-state index in [0.717, 1.165) is 36.4 Å². The summed E-state index contributed by atoms with van der Waals surface area (Å²) in [7, 11) is 0. The molecule has 2 nitrogen and oxygen atoms in total. The zero-order valence-electron chi connectivity index (χ0n) is 13.2. The first-order chi connectivity index (χ1) is 10.1. The van der Waals surface area contributed by atoms with E-state index in [1.807, 2.05) is 19.1 Å². The molecule has 21 heavy (non-hydrogen) atoms. The number of rotatable bonds is 6. The maximum Gasteiger partial charge on any atom is 0.123 e. The summed E-state index contributed by atoms with van der Waals surface area (Å²) < 4.78 is 6.00. The lowest BCUT2D eigenvalue weighted by molar-refractivity contribution is 0.306. The van der Waals surface area contributed by atoms with Crippen LogP contribution in [0.2, 0.25) is 0 Å². The molecule has 0 aliphatic rings. The van der Waals surface area contributed by atoms with Crippen molar-refractivity contribution in [2.45, 2.75) is 39.5 Å². The van der Waals surface area contributed by atoms with Crippen LogP contribution in [0, 0.1) is 6.92 Å². The number of hydrogen-bond acceptors (Lipinski definition) is 2. The van der Waals surface area contributed by atoms with E-state index in [0.29, 0.717) is 5.92 Å². The lowest BCUT2D eigenvalue weighted by Crippen LogP contribution is -2.04. The second kappa shape index (κ2) is 7.16. The highest BCUT2D eigenvalue weighted by atomic mass is 16.5. The van der Waals surface area contributed by atoms with Gasteiger partial charge in [-0.1, -0.05) is 44.2 Å². The van der Waals surface area contributed by atoms with Crippen molar-refractivity contribution in [3.8, 4) is 5.75 Å². The largest absolute Gasteiger partial charge is 0.493 e. The van der Waals surface area contributed by atoms with E-state index in [2.05, 4.69) is 44.2 Å². The van der Waals surface area contributed by atoms with Gasteiger partial charge in [-0.3, -0.25) is 0 Å². The minimum absolute atomic E-state index is 0.414. The van der Waals surface area contributed by atoms with Gasteiger partial charge in [-0.15, -0.1) is 0 Å². The fourth-order valence-electron chi connectivity index (χ4n) is 2.40. The molecule has 2 aromatic carbocycles. The fourth-order valence-corrected chi connectivity index (χ4v) is 2.40. The summed E-state index contributed by atoms with van der Waals surface area (Å²) in [6.07, 6.45) is 2.07. The van der Waals surface area contributed by atoms with E-state index in [9.17, 15) is 0 Å². The van der Waals surface area contributed by atoms with Gasteiger partial charge in [0.1, 0.15) is 5.75 Å². The third-order valence-electron chi connectivity index (χ3n) is 3.73. The van der Waals surface area contributed by atoms with Crippen LogP contribution < -0.4 is 10.5 Å². The fraction of sp³-hybridized carbons (Fsp3) is 0.368. The maximum absolute atomic E-state index is 6.00. The summed E-state index contributed by atoms with van der Waals surface area (Å²) in [6, 6.07) is 14.6. The lowest BCUT2D eigenvalue weighted by atomic mass is 9.99. The van der Waals surface area contributed by atoms with Gasteiger partial charge in [0.05, 0.1) is 6.61 Å². The molecule has 0 fully saturated rings. The Bertz CT molecular complexity index is 576. The number of nitrogens with two attached hydrogens (primary N) is 1. The summed E-state index contributed by atoms with van der Waals surface area (Å²) in [5, 5.41) is 0. The first kappa shape index (κ1) is 15.4. The van der Waals surface area contributed by atoms with E-state index < -0.39 is 0 Å². The minimum Gasteiger partial charge on any atom is -0.493 e. The van der Waals surface area contributed by atoms with Crippen LogP contribution in [-0.4, -0.2) is 6.61 Å². The third kappa shape index (κ3) is 4.25. The lowest BCUT2D eigenvalue weighted by Gasteiger charge is -2.16. The summed E-state index contributed by atoms with van der Waals surface area (Å²) in [5.41, 5.74) is 10.5. The Balaban J connectivity index is 1.95. The number of hydrogen-bond donors (Lipinski definition) is 1. The molecule has 0 bridgehead atoms. The van der Waals surface area contributed by atoms with Crippen molar-refractivity contribution in [2.75, 3.05) is 12.3 Å². The van der Waals surface area contributed by atoms with Crippen molar-refractivity contribution < 1.29 is 4.74 Å². The monoisotopic (exact) mass is 283 g/mol. The SMILES string of the molecule is Cc1cc(OCCCc2ccccc2)c(C(C)C)cc1N. The number of benzene rings is 2. The van der Waals surface area contributed by atoms with Gasteiger partial charge in [0, 0.05) is 5.69 Å². The van der Waals surface area contributed by atoms with Gasteiger partial charge in [-0.2, -0.15) is 0 Å². The van der Waals surface area contributed by atoms with Crippen LogP contribution in [0.15, 0.2) is 42.5 Å². The van der Waals surface area contributed by atoms with E-state index in [1.54, 1.807) is 0 Å². The third-order valence-corrected chi connectivity index (χ3v) is 3.73. The minimum atomic E-state index is 0.414. The van der Waals surface area contributed by atoms with E-state index >= 15 is 0 Å². The van der Waals surface area contributed by atoms with Crippen molar-refractivity contribution in [3.05, 3.63) is 59.2 Å². The summed E-state index contributed by atoms with van der Waals surface area (Å²) in [6.45, 7) is 7.09. The average molecular weight is 283 g/mol. The molecule has 0 aliphatic heterocycles. The van der Waals surface area contributed by atoms with Gasteiger partial charge < -0.3 is 10.5 Å². The molecular weight excluding hydrogens is 258 g/mol. The highest BCUT2D eigenvalue weighted by Gasteiger charge is 2.10. The number of ether oxygens (including phenoxy) is 1. The summed E-state index contributed by atoms with van der Waals surface area (Å²) >= 11 is 0. The Hall–Kier alpha value is -1.96. The highest BCUT2D eigenvalue weighted by Crippen LogP contribution is 2.31. The molecule has 0 saturated heterocycles. The quantitative estimate of drug-likeness (QED) is 0.615. The van der Waals surface area contributed by atoms with Gasteiger partial charge in [0.15, 0.2) is 0 Å². The Morgan fingerprint density at radius 1 is 1.10 bits per heavy atom. The van der Waals surface area contributed by atoms with Gasteiger partial charge >= 0.3 is 0 Å². The molecule has 112 valence electrons. The molecule has 0 amide bonds. The van der Waals surface area contributed by atoms with Gasteiger partial charge in [-0.05, 0) is 54.5 Å². The number of anilines is 1. The van der Waals surface area contributed by atoms with Crippen LogP contribution in [-0.2, 0) is 6.42 Å².